The third-order valence-electron chi connectivity index (χ3n) is 3.62. The van der Waals surface area contributed by atoms with E-state index in [2.05, 4.69) is 20.8 Å². The van der Waals surface area contributed by atoms with E-state index in [0.717, 1.165) is 18.5 Å². The number of benzene rings is 1. The molecular weight excluding hydrogens is 224 g/mol. The Bertz CT molecular complexity index is 436. The van der Waals surface area contributed by atoms with Crippen LogP contribution in [0.15, 0.2) is 30.3 Å². The minimum atomic E-state index is -0.728. The monoisotopic (exact) mass is 246 g/mol. The van der Waals surface area contributed by atoms with Gasteiger partial charge in [-0.05, 0) is 39.2 Å². The van der Waals surface area contributed by atoms with Crippen LogP contribution in [-0.4, -0.2) is 28.4 Å². The molecule has 18 heavy (non-hydrogen) atoms. The van der Waals surface area contributed by atoms with E-state index in [1.165, 1.54) is 0 Å². The van der Waals surface area contributed by atoms with E-state index in [4.69, 9.17) is 5.73 Å². The first-order valence-electron chi connectivity index (χ1n) is 6.48. The maximum absolute atomic E-state index is 12.5. The molecule has 98 valence electrons. The Kier molecular flexibility index (Phi) is 3.20. The van der Waals surface area contributed by atoms with E-state index < -0.39 is 5.54 Å². The van der Waals surface area contributed by atoms with Gasteiger partial charge < -0.3 is 10.6 Å². The van der Waals surface area contributed by atoms with Gasteiger partial charge in [-0.2, -0.15) is 0 Å². The summed E-state index contributed by atoms with van der Waals surface area (Å²) in [6.07, 6.45) is 1.36. The summed E-state index contributed by atoms with van der Waals surface area (Å²) < 4.78 is 0. The topological polar surface area (TPSA) is 46.3 Å². The van der Waals surface area contributed by atoms with Gasteiger partial charge in [-0.1, -0.05) is 30.3 Å². The number of hydrogen-bond donors (Lipinski definition) is 1. The molecular formula is C15H22N2O. The summed E-state index contributed by atoms with van der Waals surface area (Å²) in [5, 5.41) is 0. The van der Waals surface area contributed by atoms with Crippen LogP contribution in [0, 0.1) is 0 Å². The van der Waals surface area contributed by atoms with Gasteiger partial charge in [-0.25, -0.2) is 0 Å². The van der Waals surface area contributed by atoms with Crippen molar-refractivity contribution < 1.29 is 4.79 Å². The highest BCUT2D eigenvalue weighted by Gasteiger charge is 2.46. The molecule has 0 aromatic heterocycles. The van der Waals surface area contributed by atoms with Gasteiger partial charge in [0, 0.05) is 12.1 Å². The van der Waals surface area contributed by atoms with Crippen molar-refractivity contribution in [2.24, 2.45) is 5.73 Å². The van der Waals surface area contributed by atoms with Crippen molar-refractivity contribution in [3.05, 3.63) is 35.9 Å². The fraction of sp³-hybridized carbons (Fsp3) is 0.533. The molecule has 1 atom stereocenters. The Morgan fingerprint density at radius 3 is 2.39 bits per heavy atom. The quantitative estimate of drug-likeness (QED) is 0.867. The lowest BCUT2D eigenvalue weighted by atomic mass is 9.90. The first-order valence-corrected chi connectivity index (χ1v) is 6.48. The van der Waals surface area contributed by atoms with Gasteiger partial charge in [0.2, 0.25) is 5.91 Å². The molecule has 3 nitrogen and oxygen atoms in total. The number of rotatable bonds is 2. The zero-order valence-corrected chi connectivity index (χ0v) is 11.4. The predicted molar refractivity (Wildman–Crippen MR) is 73.1 cm³/mol. The summed E-state index contributed by atoms with van der Waals surface area (Å²) in [6.45, 7) is 6.92. The molecule has 1 fully saturated rings. The summed E-state index contributed by atoms with van der Waals surface area (Å²) in [5.41, 5.74) is 6.59. The summed E-state index contributed by atoms with van der Waals surface area (Å²) >= 11 is 0. The van der Waals surface area contributed by atoms with Crippen molar-refractivity contribution in [2.45, 2.75) is 44.7 Å². The SMILES string of the molecule is CC(C)(C)N1CC[C@](N)(Cc2ccccc2)C1=O. The van der Waals surface area contributed by atoms with E-state index in [0.29, 0.717) is 6.42 Å². The van der Waals surface area contributed by atoms with E-state index in [1.54, 1.807) is 0 Å². The van der Waals surface area contributed by atoms with Crippen molar-refractivity contribution in [2.75, 3.05) is 6.54 Å². The molecule has 2 rings (SSSR count). The lowest BCUT2D eigenvalue weighted by Crippen LogP contribution is -2.53. The van der Waals surface area contributed by atoms with E-state index in [9.17, 15) is 4.79 Å². The molecule has 0 radical (unpaired) electrons. The summed E-state index contributed by atoms with van der Waals surface area (Å²) in [4.78, 5) is 14.4. The Labute approximate surface area is 109 Å². The van der Waals surface area contributed by atoms with Gasteiger partial charge in [0.1, 0.15) is 5.54 Å². The van der Waals surface area contributed by atoms with Gasteiger partial charge >= 0.3 is 0 Å². The maximum atomic E-state index is 12.5. The molecule has 1 aliphatic heterocycles. The molecule has 1 aromatic rings. The van der Waals surface area contributed by atoms with E-state index in [-0.39, 0.29) is 11.4 Å². The van der Waals surface area contributed by atoms with Crippen LogP contribution in [0.2, 0.25) is 0 Å². The first-order chi connectivity index (χ1) is 8.33. The largest absolute Gasteiger partial charge is 0.336 e. The number of nitrogens with zero attached hydrogens (tertiary/aromatic N) is 1. The normalized spacial score (nSPS) is 24.7. The summed E-state index contributed by atoms with van der Waals surface area (Å²) in [7, 11) is 0. The van der Waals surface area contributed by atoms with Crippen LogP contribution in [0.25, 0.3) is 0 Å². The first kappa shape index (κ1) is 13.1. The zero-order valence-electron chi connectivity index (χ0n) is 11.4. The number of hydrogen-bond acceptors (Lipinski definition) is 2. The van der Waals surface area contributed by atoms with Gasteiger partial charge in [0.15, 0.2) is 0 Å². The average Bonchev–Trinajstić information content (AvgIpc) is 2.56. The summed E-state index contributed by atoms with van der Waals surface area (Å²) in [5.74, 6) is 0.0823. The summed E-state index contributed by atoms with van der Waals surface area (Å²) in [6, 6.07) is 10.0. The van der Waals surface area contributed by atoms with Crippen LogP contribution in [0.5, 0.6) is 0 Å². The third kappa shape index (κ3) is 2.41. The second kappa shape index (κ2) is 4.39. The van der Waals surface area contributed by atoms with Crippen LogP contribution in [-0.2, 0) is 11.2 Å². The fourth-order valence-corrected chi connectivity index (χ4v) is 2.55. The molecule has 0 bridgehead atoms. The number of likely N-dealkylation sites (tertiary alicyclic amines) is 1. The minimum absolute atomic E-state index is 0.0823. The molecule has 1 saturated heterocycles. The highest BCUT2D eigenvalue weighted by atomic mass is 16.2. The lowest BCUT2D eigenvalue weighted by Gasteiger charge is -2.33. The van der Waals surface area contributed by atoms with Crippen LogP contribution in [0.4, 0.5) is 0 Å². The van der Waals surface area contributed by atoms with Crippen molar-refractivity contribution in [1.82, 2.24) is 4.90 Å². The molecule has 0 unspecified atom stereocenters. The van der Waals surface area contributed by atoms with Gasteiger partial charge in [-0.3, -0.25) is 4.79 Å². The number of nitrogens with two attached hydrogens (primary N) is 1. The zero-order chi connectivity index (χ0) is 13.4. The fourth-order valence-electron chi connectivity index (χ4n) is 2.55. The van der Waals surface area contributed by atoms with Crippen LogP contribution < -0.4 is 5.73 Å². The number of amides is 1. The second-order valence-electron chi connectivity index (χ2n) is 6.20. The molecule has 0 saturated carbocycles. The molecule has 3 heteroatoms. The highest BCUT2D eigenvalue weighted by molar-refractivity contribution is 5.89. The van der Waals surface area contributed by atoms with Crippen LogP contribution in [0.1, 0.15) is 32.8 Å². The number of carbonyl (C=O) groups is 1. The van der Waals surface area contributed by atoms with Crippen molar-refractivity contribution in [1.29, 1.82) is 0 Å². The van der Waals surface area contributed by atoms with E-state index >= 15 is 0 Å². The van der Waals surface area contributed by atoms with Gasteiger partial charge in [0.05, 0.1) is 0 Å². The molecule has 1 aliphatic rings. The third-order valence-corrected chi connectivity index (χ3v) is 3.62. The molecule has 1 heterocycles. The Morgan fingerprint density at radius 1 is 1.28 bits per heavy atom. The Balaban J connectivity index is 2.17. The average molecular weight is 246 g/mol. The minimum Gasteiger partial charge on any atom is -0.336 e. The molecule has 1 amide bonds. The van der Waals surface area contributed by atoms with E-state index in [1.807, 2.05) is 35.2 Å². The lowest BCUT2D eigenvalue weighted by molar-refractivity contribution is -0.136. The highest BCUT2D eigenvalue weighted by Crippen LogP contribution is 2.29. The van der Waals surface area contributed by atoms with Gasteiger partial charge in [-0.15, -0.1) is 0 Å². The smallest absolute Gasteiger partial charge is 0.243 e. The van der Waals surface area contributed by atoms with Crippen LogP contribution in [0.3, 0.4) is 0 Å². The van der Waals surface area contributed by atoms with Crippen LogP contribution >= 0.6 is 0 Å². The molecule has 2 N–H and O–H groups in total. The van der Waals surface area contributed by atoms with Crippen molar-refractivity contribution in [3.63, 3.8) is 0 Å². The standard InChI is InChI=1S/C15H22N2O/c1-14(2,3)17-10-9-15(16,13(17)18)11-12-7-5-4-6-8-12/h4-8H,9-11,16H2,1-3H3/t15-/m0/s1. The van der Waals surface area contributed by atoms with Crippen molar-refractivity contribution >= 4 is 5.91 Å². The van der Waals surface area contributed by atoms with Crippen molar-refractivity contribution in [3.8, 4) is 0 Å². The number of carbonyl (C=O) groups excluding carboxylic acids is 1. The molecule has 1 aromatic carbocycles. The Hall–Kier alpha value is -1.35. The second-order valence-corrected chi connectivity index (χ2v) is 6.20. The molecule has 0 spiro atoms. The molecule has 0 aliphatic carbocycles. The predicted octanol–water partition coefficient (Wildman–Crippen LogP) is 1.96. The maximum Gasteiger partial charge on any atom is 0.243 e. The van der Waals surface area contributed by atoms with Gasteiger partial charge in [0.25, 0.3) is 0 Å². The Morgan fingerprint density at radius 2 is 1.89 bits per heavy atom.